The number of hydrogen-bond acceptors (Lipinski definition) is 5. The van der Waals surface area contributed by atoms with Crippen molar-refractivity contribution in [3.8, 4) is 0 Å². The molecule has 2 aliphatic heterocycles. The number of para-hydroxylation sites is 2. The van der Waals surface area contributed by atoms with Crippen LogP contribution in [0.5, 0.6) is 0 Å². The Morgan fingerprint density at radius 1 is 1.19 bits per heavy atom. The van der Waals surface area contributed by atoms with E-state index < -0.39 is 0 Å². The first-order valence-electron chi connectivity index (χ1n) is 9.72. The van der Waals surface area contributed by atoms with Gasteiger partial charge in [-0.15, -0.1) is 0 Å². The van der Waals surface area contributed by atoms with Crippen LogP contribution in [0.2, 0.25) is 0 Å². The Hall–Kier alpha value is -2.38. The first kappa shape index (κ1) is 18.0. The maximum Gasteiger partial charge on any atom is 0.238 e. The molecule has 3 heterocycles. The number of rotatable bonds is 6. The van der Waals surface area contributed by atoms with E-state index in [2.05, 4.69) is 26.3 Å². The maximum absolute atomic E-state index is 12.7. The quantitative estimate of drug-likeness (QED) is 0.842. The SMILES string of the molecule is O=C(CN1CCC[C@@H]1Cn1cccn1)Nc1ccccc1N1CCOCC1. The number of hydrogen-bond donors (Lipinski definition) is 1. The van der Waals surface area contributed by atoms with Crippen molar-refractivity contribution in [2.24, 2.45) is 0 Å². The second kappa shape index (κ2) is 8.54. The van der Waals surface area contributed by atoms with Crippen LogP contribution in [0.15, 0.2) is 42.7 Å². The second-order valence-corrected chi connectivity index (χ2v) is 7.16. The summed E-state index contributed by atoms with van der Waals surface area (Å²) in [6, 6.07) is 10.3. The lowest BCUT2D eigenvalue weighted by Crippen LogP contribution is -2.39. The average Bonchev–Trinajstić information content (AvgIpc) is 3.36. The molecule has 1 atom stereocenters. The number of anilines is 2. The fraction of sp³-hybridized carbons (Fsp3) is 0.500. The third kappa shape index (κ3) is 4.48. The number of nitrogens with zero attached hydrogens (tertiary/aromatic N) is 4. The summed E-state index contributed by atoms with van der Waals surface area (Å²) >= 11 is 0. The van der Waals surface area contributed by atoms with Crippen LogP contribution < -0.4 is 10.2 Å². The lowest BCUT2D eigenvalue weighted by molar-refractivity contribution is -0.117. The summed E-state index contributed by atoms with van der Waals surface area (Å²) in [6.07, 6.45) is 6.02. The van der Waals surface area contributed by atoms with Crippen LogP contribution in [0.1, 0.15) is 12.8 Å². The van der Waals surface area contributed by atoms with Gasteiger partial charge in [-0.1, -0.05) is 12.1 Å². The highest BCUT2D eigenvalue weighted by Gasteiger charge is 2.27. The van der Waals surface area contributed by atoms with Crippen molar-refractivity contribution in [3.63, 3.8) is 0 Å². The summed E-state index contributed by atoms with van der Waals surface area (Å²) in [5.41, 5.74) is 1.95. The van der Waals surface area contributed by atoms with Gasteiger partial charge < -0.3 is 15.0 Å². The molecule has 7 heteroatoms. The molecule has 4 rings (SSSR count). The zero-order valence-corrected chi connectivity index (χ0v) is 15.6. The van der Waals surface area contributed by atoms with Crippen LogP contribution in [0.4, 0.5) is 11.4 Å². The Kier molecular flexibility index (Phi) is 5.69. The second-order valence-electron chi connectivity index (χ2n) is 7.16. The average molecular weight is 369 g/mol. The van der Waals surface area contributed by atoms with Crippen molar-refractivity contribution in [2.45, 2.75) is 25.4 Å². The number of amides is 1. The summed E-state index contributed by atoms with van der Waals surface area (Å²) in [4.78, 5) is 17.3. The van der Waals surface area contributed by atoms with Gasteiger partial charge in [-0.25, -0.2) is 0 Å². The van der Waals surface area contributed by atoms with Gasteiger partial charge in [0.15, 0.2) is 0 Å². The molecular formula is C20H27N5O2. The minimum Gasteiger partial charge on any atom is -0.378 e. The van der Waals surface area contributed by atoms with Gasteiger partial charge in [-0.3, -0.25) is 14.4 Å². The van der Waals surface area contributed by atoms with Gasteiger partial charge in [-0.05, 0) is 37.6 Å². The summed E-state index contributed by atoms with van der Waals surface area (Å²) in [5, 5.41) is 7.43. The summed E-state index contributed by atoms with van der Waals surface area (Å²) in [5.74, 6) is 0.0445. The Morgan fingerprint density at radius 3 is 2.85 bits per heavy atom. The molecule has 1 aromatic heterocycles. The standard InChI is InChI=1S/C20H27N5O2/c26-20(16-24-9-3-5-17(24)15-25-10-4-8-21-25)22-18-6-1-2-7-19(18)23-11-13-27-14-12-23/h1-2,4,6-8,10,17H,3,5,9,11-16H2,(H,22,26)/t17-/m1/s1. The van der Waals surface area contributed by atoms with E-state index in [-0.39, 0.29) is 5.91 Å². The van der Waals surface area contributed by atoms with Crippen LogP contribution in [0, 0.1) is 0 Å². The number of likely N-dealkylation sites (tertiary alicyclic amines) is 1. The number of carbonyl (C=O) groups is 1. The van der Waals surface area contributed by atoms with E-state index in [4.69, 9.17) is 4.74 Å². The van der Waals surface area contributed by atoms with Crippen molar-refractivity contribution in [1.82, 2.24) is 14.7 Å². The van der Waals surface area contributed by atoms with E-state index in [1.54, 1.807) is 6.20 Å². The predicted molar refractivity (Wildman–Crippen MR) is 105 cm³/mol. The normalized spacial score (nSPS) is 20.7. The van der Waals surface area contributed by atoms with Crippen LogP contribution in [-0.4, -0.2) is 66.0 Å². The van der Waals surface area contributed by atoms with E-state index in [9.17, 15) is 4.79 Å². The number of benzene rings is 1. The predicted octanol–water partition coefficient (Wildman–Crippen LogP) is 1.82. The van der Waals surface area contributed by atoms with Gasteiger partial charge in [0.25, 0.3) is 0 Å². The first-order chi connectivity index (χ1) is 13.3. The molecule has 2 aliphatic rings. The Balaban J connectivity index is 1.38. The van der Waals surface area contributed by atoms with E-state index in [0.717, 1.165) is 63.6 Å². The van der Waals surface area contributed by atoms with Crippen molar-refractivity contribution in [3.05, 3.63) is 42.7 Å². The summed E-state index contributed by atoms with van der Waals surface area (Å²) in [7, 11) is 0. The molecule has 0 radical (unpaired) electrons. The first-order valence-corrected chi connectivity index (χ1v) is 9.72. The molecule has 1 amide bonds. The van der Waals surface area contributed by atoms with Crippen molar-refractivity contribution in [1.29, 1.82) is 0 Å². The number of ether oxygens (including phenoxy) is 1. The lowest BCUT2D eigenvalue weighted by Gasteiger charge is -2.30. The monoisotopic (exact) mass is 369 g/mol. The van der Waals surface area contributed by atoms with Crippen LogP contribution in [0.25, 0.3) is 0 Å². The van der Waals surface area contributed by atoms with E-state index >= 15 is 0 Å². The molecule has 27 heavy (non-hydrogen) atoms. The highest BCUT2D eigenvalue weighted by Crippen LogP contribution is 2.26. The molecule has 1 aromatic carbocycles. The molecule has 1 N–H and O–H groups in total. The molecule has 2 saturated heterocycles. The Morgan fingerprint density at radius 2 is 2.04 bits per heavy atom. The molecular weight excluding hydrogens is 342 g/mol. The van der Waals surface area contributed by atoms with Crippen molar-refractivity contribution >= 4 is 17.3 Å². The topological polar surface area (TPSA) is 62.6 Å². The molecule has 2 aromatic rings. The van der Waals surface area contributed by atoms with Gasteiger partial charge in [-0.2, -0.15) is 5.10 Å². The van der Waals surface area contributed by atoms with Gasteiger partial charge in [0.2, 0.25) is 5.91 Å². The van der Waals surface area contributed by atoms with Gasteiger partial charge in [0.1, 0.15) is 0 Å². The van der Waals surface area contributed by atoms with E-state index in [1.807, 2.05) is 35.1 Å². The minimum absolute atomic E-state index is 0.0445. The lowest BCUT2D eigenvalue weighted by atomic mass is 10.2. The largest absolute Gasteiger partial charge is 0.378 e. The van der Waals surface area contributed by atoms with E-state index in [1.165, 1.54) is 0 Å². The fourth-order valence-electron chi connectivity index (χ4n) is 3.97. The Labute approximate surface area is 159 Å². The van der Waals surface area contributed by atoms with Crippen LogP contribution >= 0.6 is 0 Å². The van der Waals surface area contributed by atoms with Crippen LogP contribution in [-0.2, 0) is 16.1 Å². The minimum atomic E-state index is 0.0445. The zero-order chi connectivity index (χ0) is 18.5. The summed E-state index contributed by atoms with van der Waals surface area (Å²) in [6.45, 7) is 5.38. The van der Waals surface area contributed by atoms with Crippen LogP contribution in [0.3, 0.4) is 0 Å². The van der Waals surface area contributed by atoms with Gasteiger partial charge >= 0.3 is 0 Å². The van der Waals surface area contributed by atoms with Crippen molar-refractivity contribution in [2.75, 3.05) is 49.6 Å². The number of nitrogens with one attached hydrogen (secondary N) is 1. The third-order valence-corrected chi connectivity index (χ3v) is 5.33. The highest BCUT2D eigenvalue weighted by molar-refractivity contribution is 5.95. The number of morpholine rings is 1. The van der Waals surface area contributed by atoms with E-state index in [0.29, 0.717) is 12.6 Å². The number of carbonyl (C=O) groups excluding carboxylic acids is 1. The summed E-state index contributed by atoms with van der Waals surface area (Å²) < 4.78 is 7.40. The molecule has 2 fully saturated rings. The third-order valence-electron chi connectivity index (χ3n) is 5.33. The zero-order valence-electron chi connectivity index (χ0n) is 15.6. The maximum atomic E-state index is 12.7. The molecule has 0 spiro atoms. The molecule has 0 bridgehead atoms. The number of aromatic nitrogens is 2. The smallest absolute Gasteiger partial charge is 0.238 e. The Bertz CT molecular complexity index is 743. The molecule has 144 valence electrons. The molecule has 0 saturated carbocycles. The fourth-order valence-corrected chi connectivity index (χ4v) is 3.97. The molecule has 0 aliphatic carbocycles. The van der Waals surface area contributed by atoms with Gasteiger partial charge in [0.05, 0.1) is 37.7 Å². The highest BCUT2D eigenvalue weighted by atomic mass is 16.5. The molecule has 0 unspecified atom stereocenters. The molecule has 7 nitrogen and oxygen atoms in total. The van der Waals surface area contributed by atoms with Crippen molar-refractivity contribution < 1.29 is 9.53 Å². The van der Waals surface area contributed by atoms with Gasteiger partial charge in [0, 0.05) is 31.5 Å².